The molecule has 2 nitrogen and oxygen atoms in total. The molecule has 0 saturated carbocycles. The van der Waals surface area contributed by atoms with E-state index in [0.29, 0.717) is 5.92 Å². The summed E-state index contributed by atoms with van der Waals surface area (Å²) in [4.78, 5) is 2.54. The quantitative estimate of drug-likeness (QED) is 0.137. The Balaban J connectivity index is 0.964. The van der Waals surface area contributed by atoms with Gasteiger partial charge in [0.15, 0.2) is 0 Å². The molecule has 0 spiro atoms. The lowest BCUT2D eigenvalue weighted by molar-refractivity contribution is 0.575. The highest BCUT2D eigenvalue weighted by Gasteiger charge is 2.34. The summed E-state index contributed by atoms with van der Waals surface area (Å²) in [5.41, 5.74) is 7.60. The summed E-state index contributed by atoms with van der Waals surface area (Å²) in [7, 11) is 0. The van der Waals surface area contributed by atoms with Crippen molar-refractivity contribution < 1.29 is 0 Å². The third-order valence-corrected chi connectivity index (χ3v) is 12.1. The smallest absolute Gasteiger partial charge is 0.0799 e. The summed E-state index contributed by atoms with van der Waals surface area (Å²) < 4.78 is 0. The number of benzene rings is 9. The Morgan fingerprint density at radius 2 is 1.15 bits per heavy atom. The first-order valence-electron chi connectivity index (χ1n) is 19.6. The van der Waals surface area contributed by atoms with Gasteiger partial charge in [-0.25, -0.2) is 0 Å². The first kappa shape index (κ1) is 31.8. The van der Waals surface area contributed by atoms with Gasteiger partial charge in [0.25, 0.3) is 0 Å². The molecule has 55 heavy (non-hydrogen) atoms. The SMILES string of the molecule is C1=CC(Nc2ccc([C@H]3C=C(c4ccccc4)N3c3cc4ccccc4c4ccccc34)cc2)C(c2cc3ccccc3c3ccc4ccccc4c23)CC1. The number of nitrogens with one attached hydrogen (secondary N) is 1. The van der Waals surface area contributed by atoms with Gasteiger partial charge in [-0.2, -0.15) is 0 Å². The molecule has 2 unspecified atom stereocenters. The number of rotatable bonds is 6. The van der Waals surface area contributed by atoms with Gasteiger partial charge in [-0.05, 0) is 102 Å². The van der Waals surface area contributed by atoms with Crippen LogP contribution in [0.25, 0.3) is 59.6 Å². The van der Waals surface area contributed by atoms with Gasteiger partial charge in [-0.3, -0.25) is 0 Å². The average molecular weight is 705 g/mol. The third-order valence-electron chi connectivity index (χ3n) is 12.1. The van der Waals surface area contributed by atoms with Crippen LogP contribution in [0.3, 0.4) is 0 Å². The molecule has 2 heteroatoms. The molecule has 9 aromatic rings. The average Bonchev–Trinajstić information content (AvgIpc) is 3.24. The lowest BCUT2D eigenvalue weighted by Gasteiger charge is -2.43. The van der Waals surface area contributed by atoms with E-state index in [0.717, 1.165) is 18.5 Å². The van der Waals surface area contributed by atoms with Crippen LogP contribution < -0.4 is 10.2 Å². The molecular formula is C53H40N2. The standard InChI is InChI=1S/C53H40N2/c1-2-15-36(16-3-1)50-34-51(55(50)52-33-39-18-6-7-19-41(39)44-22-10-11-24-46(44)52)37-26-29-40(30-27-37)54-49-25-13-12-23-45(49)48-32-38-17-5-8-20-42(38)47-31-28-35-14-4-9-21-43(35)53(47)48/h1-11,13-22,24-34,45,49,51,54H,12,23H2/t45?,49?,51-/m1/s1. The molecule has 262 valence electrons. The van der Waals surface area contributed by atoms with E-state index in [-0.39, 0.29) is 12.1 Å². The van der Waals surface area contributed by atoms with E-state index in [4.69, 9.17) is 0 Å². The van der Waals surface area contributed by atoms with Gasteiger partial charge in [0.05, 0.1) is 17.8 Å². The van der Waals surface area contributed by atoms with E-state index < -0.39 is 0 Å². The molecule has 9 aromatic carbocycles. The highest BCUT2D eigenvalue weighted by atomic mass is 15.2. The molecule has 0 amide bonds. The molecule has 3 atom stereocenters. The highest BCUT2D eigenvalue weighted by Crippen LogP contribution is 2.49. The molecule has 11 rings (SSSR count). The lowest BCUT2D eigenvalue weighted by Crippen LogP contribution is -2.34. The fourth-order valence-electron chi connectivity index (χ4n) is 9.48. The zero-order valence-corrected chi connectivity index (χ0v) is 30.6. The number of hydrogen-bond acceptors (Lipinski definition) is 2. The number of nitrogens with zero attached hydrogens (tertiary/aromatic N) is 1. The summed E-state index contributed by atoms with van der Waals surface area (Å²) in [6.07, 6.45) is 9.38. The monoisotopic (exact) mass is 704 g/mol. The second-order valence-corrected chi connectivity index (χ2v) is 15.2. The van der Waals surface area contributed by atoms with E-state index in [1.54, 1.807) is 0 Å². The van der Waals surface area contributed by atoms with Gasteiger partial charge in [0.2, 0.25) is 0 Å². The molecule has 1 aliphatic heterocycles. The second kappa shape index (κ2) is 13.0. The van der Waals surface area contributed by atoms with E-state index in [1.807, 2.05) is 0 Å². The lowest BCUT2D eigenvalue weighted by atomic mass is 9.79. The first-order valence-corrected chi connectivity index (χ1v) is 19.6. The number of fused-ring (bicyclic) bond motifs is 8. The van der Waals surface area contributed by atoms with Gasteiger partial charge >= 0.3 is 0 Å². The summed E-state index contributed by atoms with van der Waals surface area (Å²) >= 11 is 0. The molecule has 1 heterocycles. The van der Waals surface area contributed by atoms with E-state index in [2.05, 4.69) is 204 Å². The van der Waals surface area contributed by atoms with Crippen molar-refractivity contribution >= 4 is 70.9 Å². The summed E-state index contributed by atoms with van der Waals surface area (Å²) in [6.45, 7) is 0. The minimum absolute atomic E-state index is 0.119. The van der Waals surface area contributed by atoms with Crippen molar-refractivity contribution in [2.75, 3.05) is 10.2 Å². The third kappa shape index (κ3) is 5.32. The Hall–Kier alpha value is -6.64. The van der Waals surface area contributed by atoms with Crippen LogP contribution in [0.4, 0.5) is 11.4 Å². The molecule has 0 aromatic heterocycles. The zero-order valence-electron chi connectivity index (χ0n) is 30.6. The fraction of sp³-hybridized carbons (Fsp3) is 0.0943. The zero-order chi connectivity index (χ0) is 36.3. The molecule has 0 fully saturated rings. The van der Waals surface area contributed by atoms with Crippen LogP contribution in [0.2, 0.25) is 0 Å². The maximum absolute atomic E-state index is 4.00. The van der Waals surface area contributed by atoms with Crippen molar-refractivity contribution in [3.05, 3.63) is 211 Å². The largest absolute Gasteiger partial charge is 0.378 e. The Bertz CT molecular complexity index is 2980. The molecule has 0 bridgehead atoms. The highest BCUT2D eigenvalue weighted by molar-refractivity contribution is 6.19. The van der Waals surface area contributed by atoms with Crippen molar-refractivity contribution in [3.8, 4) is 0 Å². The Morgan fingerprint density at radius 3 is 1.93 bits per heavy atom. The van der Waals surface area contributed by atoms with E-state index in [9.17, 15) is 0 Å². The van der Waals surface area contributed by atoms with Crippen LogP contribution in [-0.4, -0.2) is 6.04 Å². The molecule has 2 aliphatic rings. The maximum Gasteiger partial charge on any atom is 0.0799 e. The van der Waals surface area contributed by atoms with Crippen molar-refractivity contribution in [1.29, 1.82) is 0 Å². The molecule has 0 radical (unpaired) electrons. The molecular weight excluding hydrogens is 665 g/mol. The van der Waals surface area contributed by atoms with Crippen LogP contribution in [-0.2, 0) is 0 Å². The number of hydrogen-bond donors (Lipinski definition) is 1. The van der Waals surface area contributed by atoms with Crippen molar-refractivity contribution in [2.45, 2.75) is 30.8 Å². The summed E-state index contributed by atoms with van der Waals surface area (Å²) in [5.74, 6) is 0.335. The predicted molar refractivity (Wildman–Crippen MR) is 235 cm³/mol. The van der Waals surface area contributed by atoms with Crippen molar-refractivity contribution in [1.82, 2.24) is 0 Å². The van der Waals surface area contributed by atoms with E-state index in [1.165, 1.54) is 81.9 Å². The van der Waals surface area contributed by atoms with Gasteiger partial charge in [0, 0.05) is 22.7 Å². The van der Waals surface area contributed by atoms with Gasteiger partial charge in [0.1, 0.15) is 0 Å². The first-order chi connectivity index (χ1) is 27.3. The normalized spacial score (nSPS) is 18.2. The van der Waals surface area contributed by atoms with Gasteiger partial charge < -0.3 is 10.2 Å². The maximum atomic E-state index is 4.00. The number of allylic oxidation sites excluding steroid dienone is 1. The van der Waals surface area contributed by atoms with Gasteiger partial charge in [-0.15, -0.1) is 0 Å². The Labute approximate surface area is 321 Å². The van der Waals surface area contributed by atoms with Crippen LogP contribution in [0.15, 0.2) is 194 Å². The summed E-state index contributed by atoms with van der Waals surface area (Å²) in [6, 6.07) is 65.2. The number of anilines is 2. The second-order valence-electron chi connectivity index (χ2n) is 15.2. The molecule has 0 saturated heterocycles. The van der Waals surface area contributed by atoms with Crippen molar-refractivity contribution in [3.63, 3.8) is 0 Å². The van der Waals surface area contributed by atoms with Crippen LogP contribution >= 0.6 is 0 Å². The molecule has 1 aliphatic carbocycles. The van der Waals surface area contributed by atoms with E-state index >= 15 is 0 Å². The van der Waals surface area contributed by atoms with Crippen molar-refractivity contribution in [2.24, 2.45) is 0 Å². The topological polar surface area (TPSA) is 15.3 Å². The van der Waals surface area contributed by atoms with Crippen LogP contribution in [0.1, 0.15) is 41.5 Å². The van der Waals surface area contributed by atoms with Gasteiger partial charge in [-0.1, -0.05) is 170 Å². The summed E-state index contributed by atoms with van der Waals surface area (Å²) in [5, 5.41) is 17.1. The minimum atomic E-state index is 0.119. The Kier molecular flexibility index (Phi) is 7.55. The molecule has 1 N–H and O–H groups in total. The fourth-order valence-corrected chi connectivity index (χ4v) is 9.48. The Morgan fingerprint density at radius 1 is 0.509 bits per heavy atom. The van der Waals surface area contributed by atoms with Crippen LogP contribution in [0, 0.1) is 0 Å². The minimum Gasteiger partial charge on any atom is -0.378 e. The predicted octanol–water partition coefficient (Wildman–Crippen LogP) is 14.0. The van der Waals surface area contributed by atoms with Crippen LogP contribution in [0.5, 0.6) is 0 Å².